The fourth-order valence-corrected chi connectivity index (χ4v) is 4.31. The van der Waals surface area contributed by atoms with Gasteiger partial charge in [0.15, 0.2) is 0 Å². The Kier molecular flexibility index (Phi) is 6.58. The molecule has 2 aliphatic rings. The van der Waals surface area contributed by atoms with Crippen LogP contribution in [0, 0.1) is 11.7 Å². The molecule has 3 rings (SSSR count). The summed E-state index contributed by atoms with van der Waals surface area (Å²) < 4.78 is 13.1. The number of benzene rings is 1. The molecule has 0 aromatic heterocycles. The van der Waals surface area contributed by atoms with Crippen LogP contribution in [0.25, 0.3) is 0 Å². The van der Waals surface area contributed by atoms with E-state index in [1.165, 1.54) is 12.1 Å². The van der Waals surface area contributed by atoms with Crippen LogP contribution in [0.3, 0.4) is 0 Å². The van der Waals surface area contributed by atoms with Crippen LogP contribution >= 0.6 is 0 Å². The fraction of sp³-hybridized carbons (Fsp3) is 0.667. The first-order chi connectivity index (χ1) is 13.3. The van der Waals surface area contributed by atoms with Gasteiger partial charge in [-0.25, -0.2) is 4.39 Å². The van der Waals surface area contributed by atoms with Gasteiger partial charge in [-0.1, -0.05) is 0 Å². The second kappa shape index (κ2) is 8.76. The summed E-state index contributed by atoms with van der Waals surface area (Å²) in [6.07, 6.45) is 1.34. The molecule has 0 aliphatic carbocycles. The summed E-state index contributed by atoms with van der Waals surface area (Å²) in [5.41, 5.74) is 0.252. The number of β-amino-alcohol motifs (C(OH)–C–C–N with tert-alkyl or cyclic N) is 1. The summed E-state index contributed by atoms with van der Waals surface area (Å²) in [5.74, 6) is -0.146. The van der Waals surface area contributed by atoms with Crippen molar-refractivity contribution in [1.29, 1.82) is 0 Å². The highest BCUT2D eigenvalue weighted by Crippen LogP contribution is 2.28. The van der Waals surface area contributed by atoms with E-state index in [1.54, 1.807) is 31.1 Å². The molecule has 2 fully saturated rings. The van der Waals surface area contributed by atoms with Gasteiger partial charge < -0.3 is 19.8 Å². The highest BCUT2D eigenvalue weighted by molar-refractivity contribution is 5.78. The van der Waals surface area contributed by atoms with E-state index in [-0.39, 0.29) is 17.6 Å². The van der Waals surface area contributed by atoms with Crippen LogP contribution in [0.15, 0.2) is 24.3 Å². The third kappa shape index (κ3) is 5.21. The number of aliphatic hydroxyl groups is 1. The molecule has 1 atom stereocenters. The van der Waals surface area contributed by atoms with E-state index in [4.69, 9.17) is 0 Å². The second-order valence-electron chi connectivity index (χ2n) is 8.61. The highest BCUT2D eigenvalue weighted by atomic mass is 19.1. The Morgan fingerprint density at radius 2 is 1.79 bits per heavy atom. The minimum Gasteiger partial charge on any atom is -0.388 e. The number of anilines is 1. The molecule has 1 aromatic rings. The molecular formula is C21H33FN4O2. The minimum absolute atomic E-state index is 0.0644. The van der Waals surface area contributed by atoms with Crippen molar-refractivity contribution in [2.24, 2.45) is 5.92 Å². The van der Waals surface area contributed by atoms with E-state index in [1.807, 2.05) is 0 Å². The number of halogens is 1. The van der Waals surface area contributed by atoms with E-state index in [2.05, 4.69) is 21.7 Å². The van der Waals surface area contributed by atoms with Gasteiger partial charge in [0.05, 0.1) is 11.5 Å². The van der Waals surface area contributed by atoms with Gasteiger partial charge in [0, 0.05) is 65.6 Å². The van der Waals surface area contributed by atoms with Crippen molar-refractivity contribution in [3.63, 3.8) is 0 Å². The van der Waals surface area contributed by atoms with Crippen molar-refractivity contribution < 1.29 is 14.3 Å². The highest BCUT2D eigenvalue weighted by Gasteiger charge is 2.36. The predicted molar refractivity (Wildman–Crippen MR) is 109 cm³/mol. The first-order valence-electron chi connectivity index (χ1n) is 10.1. The summed E-state index contributed by atoms with van der Waals surface area (Å²) in [5, 5.41) is 11.2. The van der Waals surface area contributed by atoms with Gasteiger partial charge in [-0.05, 0) is 44.2 Å². The average molecular weight is 393 g/mol. The number of rotatable bonds is 4. The molecule has 2 saturated heterocycles. The third-order valence-corrected chi connectivity index (χ3v) is 6.00. The zero-order valence-electron chi connectivity index (χ0n) is 17.3. The van der Waals surface area contributed by atoms with Crippen molar-refractivity contribution >= 4 is 11.6 Å². The van der Waals surface area contributed by atoms with Crippen molar-refractivity contribution in [1.82, 2.24) is 14.7 Å². The lowest BCUT2D eigenvalue weighted by atomic mass is 9.90. The van der Waals surface area contributed by atoms with Crippen LogP contribution in [0.5, 0.6) is 0 Å². The van der Waals surface area contributed by atoms with Crippen LogP contribution in [0.2, 0.25) is 0 Å². The standard InChI is InChI=1S/C21H33FN4O2/c1-23(2)20(27)17-14-24(3)12-13-25(15-17)16-21(28)8-10-26(11-9-21)19-6-4-18(22)5-7-19/h4-7,17,28H,8-16H2,1-3H3/t17-/m1/s1. The number of hydrogen-bond acceptors (Lipinski definition) is 5. The zero-order valence-corrected chi connectivity index (χ0v) is 17.3. The summed E-state index contributed by atoms with van der Waals surface area (Å²) in [4.78, 5) is 20.8. The topological polar surface area (TPSA) is 50.3 Å². The lowest BCUT2D eigenvalue weighted by Gasteiger charge is -2.42. The lowest BCUT2D eigenvalue weighted by Crippen LogP contribution is -2.52. The van der Waals surface area contributed by atoms with Gasteiger partial charge in [0.2, 0.25) is 5.91 Å². The Morgan fingerprint density at radius 3 is 2.39 bits per heavy atom. The molecule has 6 nitrogen and oxygen atoms in total. The van der Waals surface area contributed by atoms with Crippen LogP contribution < -0.4 is 4.90 Å². The molecule has 0 saturated carbocycles. The van der Waals surface area contributed by atoms with Gasteiger partial charge >= 0.3 is 0 Å². The molecule has 1 aromatic carbocycles. The number of carbonyl (C=O) groups is 1. The van der Waals surface area contributed by atoms with Crippen LogP contribution in [0.4, 0.5) is 10.1 Å². The average Bonchev–Trinajstić information content (AvgIpc) is 2.83. The van der Waals surface area contributed by atoms with E-state index >= 15 is 0 Å². The maximum atomic E-state index is 13.1. The molecule has 156 valence electrons. The van der Waals surface area contributed by atoms with E-state index < -0.39 is 5.60 Å². The molecule has 1 N–H and O–H groups in total. The summed E-state index contributed by atoms with van der Waals surface area (Å²) in [6, 6.07) is 6.54. The summed E-state index contributed by atoms with van der Waals surface area (Å²) in [7, 11) is 5.65. The Hall–Kier alpha value is -1.70. The monoisotopic (exact) mass is 392 g/mol. The SMILES string of the molecule is CN1CCN(CC2(O)CCN(c3ccc(F)cc3)CC2)C[C@H](C(=O)N(C)C)C1. The molecular weight excluding hydrogens is 359 g/mol. The number of likely N-dealkylation sites (N-methyl/N-ethyl adjacent to an activating group) is 1. The minimum atomic E-state index is -0.745. The maximum Gasteiger partial charge on any atom is 0.227 e. The zero-order chi connectivity index (χ0) is 20.3. The number of nitrogens with zero attached hydrogens (tertiary/aromatic N) is 4. The molecule has 2 aliphatic heterocycles. The Labute approximate surface area is 167 Å². The van der Waals surface area contributed by atoms with Gasteiger partial charge in [-0.2, -0.15) is 0 Å². The third-order valence-electron chi connectivity index (χ3n) is 6.00. The van der Waals surface area contributed by atoms with Gasteiger partial charge in [-0.15, -0.1) is 0 Å². The number of carbonyl (C=O) groups excluding carboxylic acids is 1. The van der Waals surface area contributed by atoms with E-state index in [0.29, 0.717) is 25.9 Å². The fourth-order valence-electron chi connectivity index (χ4n) is 4.31. The molecule has 2 heterocycles. The van der Waals surface area contributed by atoms with Gasteiger partial charge in [0.1, 0.15) is 5.82 Å². The molecule has 0 radical (unpaired) electrons. The second-order valence-corrected chi connectivity index (χ2v) is 8.61. The smallest absolute Gasteiger partial charge is 0.227 e. The van der Waals surface area contributed by atoms with Gasteiger partial charge in [0.25, 0.3) is 0 Å². The van der Waals surface area contributed by atoms with Crippen molar-refractivity contribution in [2.45, 2.75) is 18.4 Å². The molecule has 1 amide bonds. The Balaban J connectivity index is 1.59. The van der Waals surface area contributed by atoms with Gasteiger partial charge in [-0.3, -0.25) is 9.69 Å². The van der Waals surface area contributed by atoms with Crippen LogP contribution in [-0.2, 0) is 4.79 Å². The van der Waals surface area contributed by atoms with E-state index in [9.17, 15) is 14.3 Å². The summed E-state index contributed by atoms with van der Waals surface area (Å²) in [6.45, 7) is 5.28. The molecule has 0 bridgehead atoms. The van der Waals surface area contributed by atoms with Crippen LogP contribution in [-0.4, -0.2) is 98.3 Å². The summed E-state index contributed by atoms with van der Waals surface area (Å²) >= 11 is 0. The number of amides is 1. The van der Waals surface area contributed by atoms with Crippen LogP contribution in [0.1, 0.15) is 12.8 Å². The molecule has 0 unspecified atom stereocenters. The Bertz CT molecular complexity index is 659. The van der Waals surface area contributed by atoms with E-state index in [0.717, 1.165) is 38.4 Å². The quantitative estimate of drug-likeness (QED) is 0.832. The maximum absolute atomic E-state index is 13.1. The predicted octanol–water partition coefficient (Wildman–Crippen LogP) is 1.11. The molecule has 7 heteroatoms. The van der Waals surface area contributed by atoms with Crippen molar-refractivity contribution in [3.8, 4) is 0 Å². The van der Waals surface area contributed by atoms with Crippen molar-refractivity contribution in [2.75, 3.05) is 71.9 Å². The molecule has 0 spiro atoms. The molecule has 28 heavy (non-hydrogen) atoms. The largest absolute Gasteiger partial charge is 0.388 e. The number of piperidine rings is 1. The normalized spacial score (nSPS) is 24.0. The first kappa shape index (κ1) is 21.0. The lowest BCUT2D eigenvalue weighted by molar-refractivity contribution is -0.134. The Morgan fingerprint density at radius 1 is 1.14 bits per heavy atom. The van der Waals surface area contributed by atoms with Crippen molar-refractivity contribution in [3.05, 3.63) is 30.1 Å². The first-order valence-corrected chi connectivity index (χ1v) is 10.1. The number of hydrogen-bond donors (Lipinski definition) is 1.